The lowest BCUT2D eigenvalue weighted by Gasteiger charge is -2.34. The van der Waals surface area contributed by atoms with E-state index < -0.39 is 0 Å². The molecule has 0 spiro atoms. The van der Waals surface area contributed by atoms with Gasteiger partial charge < -0.3 is 15.1 Å². The van der Waals surface area contributed by atoms with E-state index in [-0.39, 0.29) is 5.91 Å². The third-order valence-corrected chi connectivity index (χ3v) is 4.11. The number of hydrogen-bond donors (Lipinski definition) is 1. The second kappa shape index (κ2) is 6.81. The average Bonchev–Trinajstić information content (AvgIpc) is 2.86. The number of nitrogens with zero attached hydrogens (tertiary/aromatic N) is 4. The summed E-state index contributed by atoms with van der Waals surface area (Å²) in [6, 6.07) is 0. The smallest absolute Gasteiger partial charge is 0.222 e. The first-order valence-electron chi connectivity index (χ1n) is 6.68. The Kier molecular flexibility index (Phi) is 5.09. The molecule has 2 rings (SSSR count). The SMILES string of the molecule is CNCCCC(=O)N1CCN(c2nc(C)ns2)CC1. The Balaban J connectivity index is 1.77. The Morgan fingerprint density at radius 3 is 2.68 bits per heavy atom. The molecular weight excluding hydrogens is 262 g/mol. The molecule has 1 N–H and O–H groups in total. The molecule has 1 aliphatic heterocycles. The molecule has 0 unspecified atom stereocenters. The summed E-state index contributed by atoms with van der Waals surface area (Å²) in [5.41, 5.74) is 0. The number of amides is 1. The second-order valence-corrected chi connectivity index (χ2v) is 5.43. The monoisotopic (exact) mass is 283 g/mol. The van der Waals surface area contributed by atoms with Crippen LogP contribution in [0.15, 0.2) is 0 Å². The third kappa shape index (κ3) is 3.87. The molecule has 7 heteroatoms. The van der Waals surface area contributed by atoms with E-state index >= 15 is 0 Å². The standard InChI is InChI=1S/C12H21N5OS/c1-10-14-12(19-15-10)17-8-6-16(7-9-17)11(18)4-3-5-13-2/h13H,3-9H2,1-2H3. The zero-order valence-electron chi connectivity index (χ0n) is 11.6. The molecule has 2 heterocycles. The second-order valence-electron chi connectivity index (χ2n) is 4.70. The van der Waals surface area contributed by atoms with Gasteiger partial charge in [0, 0.05) is 44.1 Å². The molecule has 19 heavy (non-hydrogen) atoms. The quantitative estimate of drug-likeness (QED) is 0.797. The van der Waals surface area contributed by atoms with Gasteiger partial charge in [-0.2, -0.15) is 4.37 Å². The number of rotatable bonds is 5. The maximum atomic E-state index is 12.0. The van der Waals surface area contributed by atoms with Gasteiger partial charge >= 0.3 is 0 Å². The molecule has 0 radical (unpaired) electrons. The fourth-order valence-electron chi connectivity index (χ4n) is 2.14. The van der Waals surface area contributed by atoms with Crippen LogP contribution in [-0.4, -0.2) is 59.9 Å². The average molecular weight is 283 g/mol. The van der Waals surface area contributed by atoms with Gasteiger partial charge in [-0.15, -0.1) is 0 Å². The van der Waals surface area contributed by atoms with E-state index in [0.717, 1.165) is 50.1 Å². The number of carbonyl (C=O) groups excluding carboxylic acids is 1. The first-order valence-corrected chi connectivity index (χ1v) is 7.45. The molecule has 1 fully saturated rings. The molecule has 0 bridgehead atoms. The Labute approximate surface area is 118 Å². The van der Waals surface area contributed by atoms with Crippen molar-refractivity contribution in [1.82, 2.24) is 19.6 Å². The molecule has 1 saturated heterocycles. The van der Waals surface area contributed by atoms with Crippen molar-refractivity contribution in [2.75, 3.05) is 44.7 Å². The van der Waals surface area contributed by atoms with E-state index in [1.54, 1.807) is 0 Å². The van der Waals surface area contributed by atoms with Crippen LogP contribution in [0.25, 0.3) is 0 Å². The minimum absolute atomic E-state index is 0.267. The predicted octanol–water partition coefficient (Wildman–Crippen LogP) is 0.495. The van der Waals surface area contributed by atoms with Gasteiger partial charge in [0.1, 0.15) is 5.82 Å². The summed E-state index contributed by atoms with van der Waals surface area (Å²) in [4.78, 5) is 20.5. The zero-order valence-corrected chi connectivity index (χ0v) is 12.4. The fourth-order valence-corrected chi connectivity index (χ4v) is 2.86. The maximum Gasteiger partial charge on any atom is 0.222 e. The molecule has 0 saturated carbocycles. The highest BCUT2D eigenvalue weighted by molar-refractivity contribution is 7.09. The van der Waals surface area contributed by atoms with Gasteiger partial charge in [-0.25, -0.2) is 4.98 Å². The van der Waals surface area contributed by atoms with Crippen molar-refractivity contribution < 1.29 is 4.79 Å². The highest BCUT2D eigenvalue weighted by Gasteiger charge is 2.22. The lowest BCUT2D eigenvalue weighted by molar-refractivity contribution is -0.131. The molecule has 6 nitrogen and oxygen atoms in total. The van der Waals surface area contributed by atoms with Crippen molar-refractivity contribution in [2.45, 2.75) is 19.8 Å². The summed E-state index contributed by atoms with van der Waals surface area (Å²) in [5, 5.41) is 4.04. The number of piperazine rings is 1. The van der Waals surface area contributed by atoms with Crippen molar-refractivity contribution in [3.8, 4) is 0 Å². The van der Waals surface area contributed by atoms with E-state index in [9.17, 15) is 4.79 Å². The van der Waals surface area contributed by atoms with Crippen LogP contribution in [0.4, 0.5) is 5.13 Å². The lowest BCUT2D eigenvalue weighted by Crippen LogP contribution is -2.48. The van der Waals surface area contributed by atoms with Gasteiger partial charge in [-0.3, -0.25) is 4.79 Å². The van der Waals surface area contributed by atoms with Gasteiger partial charge in [0.15, 0.2) is 0 Å². The van der Waals surface area contributed by atoms with Crippen LogP contribution in [0.2, 0.25) is 0 Å². The number of aryl methyl sites for hydroxylation is 1. The van der Waals surface area contributed by atoms with Gasteiger partial charge in [0.05, 0.1) is 0 Å². The summed E-state index contributed by atoms with van der Waals surface area (Å²) < 4.78 is 4.20. The molecule has 1 amide bonds. The molecule has 0 aliphatic carbocycles. The van der Waals surface area contributed by atoms with Crippen LogP contribution < -0.4 is 10.2 Å². The Morgan fingerprint density at radius 1 is 1.37 bits per heavy atom. The van der Waals surface area contributed by atoms with Crippen molar-refractivity contribution in [3.63, 3.8) is 0 Å². The van der Waals surface area contributed by atoms with Gasteiger partial charge in [-0.05, 0) is 26.9 Å². The fraction of sp³-hybridized carbons (Fsp3) is 0.750. The molecule has 0 atom stereocenters. The zero-order chi connectivity index (χ0) is 13.7. The maximum absolute atomic E-state index is 12.0. The largest absolute Gasteiger partial charge is 0.343 e. The minimum Gasteiger partial charge on any atom is -0.343 e. The van der Waals surface area contributed by atoms with E-state index in [0.29, 0.717) is 6.42 Å². The highest BCUT2D eigenvalue weighted by Crippen LogP contribution is 2.18. The lowest BCUT2D eigenvalue weighted by atomic mass is 10.2. The molecule has 1 aromatic rings. The summed E-state index contributed by atoms with van der Waals surface area (Å²) in [7, 11) is 1.91. The summed E-state index contributed by atoms with van der Waals surface area (Å²) in [6.07, 6.45) is 1.55. The Bertz CT molecular complexity index is 414. The van der Waals surface area contributed by atoms with Crippen LogP contribution in [0, 0.1) is 6.92 Å². The van der Waals surface area contributed by atoms with E-state index in [1.807, 2.05) is 18.9 Å². The topological polar surface area (TPSA) is 61.4 Å². The van der Waals surface area contributed by atoms with E-state index in [1.165, 1.54) is 11.5 Å². The van der Waals surface area contributed by atoms with E-state index in [4.69, 9.17) is 0 Å². The van der Waals surface area contributed by atoms with Gasteiger partial charge in [0.2, 0.25) is 11.0 Å². The summed E-state index contributed by atoms with van der Waals surface area (Å²) in [5.74, 6) is 1.09. The number of anilines is 1. The van der Waals surface area contributed by atoms with Crippen LogP contribution in [0.5, 0.6) is 0 Å². The van der Waals surface area contributed by atoms with Crippen LogP contribution in [-0.2, 0) is 4.79 Å². The number of carbonyl (C=O) groups is 1. The van der Waals surface area contributed by atoms with Crippen molar-refractivity contribution in [2.24, 2.45) is 0 Å². The minimum atomic E-state index is 0.267. The van der Waals surface area contributed by atoms with Crippen molar-refractivity contribution in [3.05, 3.63) is 5.82 Å². The summed E-state index contributed by atoms with van der Waals surface area (Å²) >= 11 is 1.44. The number of hydrogen-bond acceptors (Lipinski definition) is 6. The van der Waals surface area contributed by atoms with Crippen LogP contribution in [0.1, 0.15) is 18.7 Å². The van der Waals surface area contributed by atoms with E-state index in [2.05, 4.69) is 19.6 Å². The van der Waals surface area contributed by atoms with Crippen LogP contribution in [0.3, 0.4) is 0 Å². The molecular formula is C12H21N5OS. The normalized spacial score (nSPS) is 15.9. The van der Waals surface area contributed by atoms with Crippen molar-refractivity contribution >= 4 is 22.6 Å². The summed E-state index contributed by atoms with van der Waals surface area (Å²) in [6.45, 7) is 6.09. The van der Waals surface area contributed by atoms with Gasteiger partial charge in [0.25, 0.3) is 0 Å². The Hall–Kier alpha value is -1.21. The highest BCUT2D eigenvalue weighted by atomic mass is 32.1. The third-order valence-electron chi connectivity index (χ3n) is 3.24. The predicted molar refractivity (Wildman–Crippen MR) is 76.6 cm³/mol. The van der Waals surface area contributed by atoms with Crippen LogP contribution >= 0.6 is 11.5 Å². The Morgan fingerprint density at radius 2 is 2.11 bits per heavy atom. The molecule has 0 aromatic carbocycles. The number of nitrogens with one attached hydrogen (secondary N) is 1. The first kappa shape index (κ1) is 14.2. The van der Waals surface area contributed by atoms with Crippen molar-refractivity contribution in [1.29, 1.82) is 0 Å². The first-order chi connectivity index (χ1) is 9.20. The number of aromatic nitrogens is 2. The van der Waals surface area contributed by atoms with Gasteiger partial charge in [-0.1, -0.05) is 0 Å². The molecule has 106 valence electrons. The molecule has 1 aliphatic rings. The molecule has 1 aromatic heterocycles.